The number of amides is 5. The molecule has 0 aromatic rings. The molecule has 3 fully saturated rings. The van der Waals surface area contributed by atoms with Gasteiger partial charge in [0, 0.05) is 25.6 Å². The molecule has 4 unspecified atom stereocenters. The van der Waals surface area contributed by atoms with Crippen LogP contribution < -0.4 is 21.7 Å². The summed E-state index contributed by atoms with van der Waals surface area (Å²) in [5, 5.41) is 6.87. The molecule has 2 heterocycles. The van der Waals surface area contributed by atoms with Crippen molar-refractivity contribution in [2.45, 2.75) is 73.8 Å². The van der Waals surface area contributed by atoms with Crippen LogP contribution in [0.3, 0.4) is 0 Å². The number of nitrogens with zero attached hydrogens (tertiary/aromatic N) is 1. The Balaban J connectivity index is 0.000000586. The van der Waals surface area contributed by atoms with Crippen LogP contribution in [0.4, 0.5) is 8.78 Å². The van der Waals surface area contributed by atoms with Crippen LogP contribution in [-0.2, 0) is 24.0 Å². The van der Waals surface area contributed by atoms with E-state index in [1.807, 2.05) is 19.2 Å². The summed E-state index contributed by atoms with van der Waals surface area (Å²) in [6.45, 7) is 16.5. The minimum absolute atomic E-state index is 0.0797. The van der Waals surface area contributed by atoms with Crippen LogP contribution in [0.15, 0.2) is 0 Å². The Morgan fingerprint density at radius 2 is 1.68 bits per heavy atom. The number of primary amides is 1. The van der Waals surface area contributed by atoms with Crippen molar-refractivity contribution < 1.29 is 32.8 Å². The Bertz CT molecular complexity index is 762. The van der Waals surface area contributed by atoms with Gasteiger partial charge < -0.3 is 26.6 Å². The highest BCUT2D eigenvalue weighted by molar-refractivity contribution is 5.86. The molecule has 37 heavy (non-hydrogen) atoms. The first-order valence-corrected chi connectivity index (χ1v) is 12.8. The van der Waals surface area contributed by atoms with Gasteiger partial charge in [0.1, 0.15) is 6.04 Å². The van der Waals surface area contributed by atoms with Crippen molar-refractivity contribution in [2.75, 3.05) is 26.2 Å². The van der Waals surface area contributed by atoms with Crippen molar-refractivity contribution in [3.05, 3.63) is 0 Å². The second-order valence-corrected chi connectivity index (χ2v) is 10.3. The standard InChI is InChI=1S/C11H16F2N2O2.C8H13N3O3.C4H10.C2H6/c1-11(2)6-4-15(5-7(6)11)8(16)3-14-10(17)9(12)13;9-7(13)6(11-4-12)3-5-1-2-10-8(5)14;1-4(2)3;1-2/h6-7,9H,3-5H2,1-2H3,(H,14,17);4-6H,1-3H2,(H2,9,13)(H,10,14)(H,11,12);4H,1-3H3;1-2H3. The zero-order valence-corrected chi connectivity index (χ0v) is 23.1. The number of hydrogen-bond donors (Lipinski definition) is 4. The van der Waals surface area contributed by atoms with Crippen molar-refractivity contribution >= 4 is 30.0 Å². The number of alkyl halides is 2. The van der Waals surface area contributed by atoms with Gasteiger partial charge in [0.25, 0.3) is 5.91 Å². The molecule has 0 aromatic carbocycles. The number of likely N-dealkylation sites (tertiary alicyclic amines) is 1. The van der Waals surface area contributed by atoms with E-state index in [1.165, 1.54) is 0 Å². The average Bonchev–Trinajstić information content (AvgIpc) is 3.22. The highest BCUT2D eigenvalue weighted by atomic mass is 19.3. The van der Waals surface area contributed by atoms with E-state index in [-0.39, 0.29) is 30.7 Å². The number of fused-ring (bicyclic) bond motifs is 1. The van der Waals surface area contributed by atoms with E-state index in [4.69, 9.17) is 5.73 Å². The largest absolute Gasteiger partial charge is 0.368 e. The van der Waals surface area contributed by atoms with Crippen LogP contribution in [0.1, 0.15) is 61.3 Å². The molecule has 12 heteroatoms. The molecular weight excluding hydrogens is 488 g/mol. The molecule has 1 saturated carbocycles. The van der Waals surface area contributed by atoms with Crippen LogP contribution in [0.5, 0.6) is 0 Å². The molecule has 2 aliphatic heterocycles. The fourth-order valence-corrected chi connectivity index (χ4v) is 4.19. The summed E-state index contributed by atoms with van der Waals surface area (Å²) in [6, 6.07) is -0.749. The maximum atomic E-state index is 11.9. The van der Waals surface area contributed by atoms with Crippen LogP contribution in [0.25, 0.3) is 0 Å². The number of piperidine rings is 1. The summed E-state index contributed by atoms with van der Waals surface area (Å²) >= 11 is 0. The van der Waals surface area contributed by atoms with Crippen molar-refractivity contribution in [1.29, 1.82) is 0 Å². The highest BCUT2D eigenvalue weighted by Crippen LogP contribution is 2.61. The molecule has 4 atom stereocenters. The molecule has 3 aliphatic rings. The molecule has 10 nitrogen and oxygen atoms in total. The Kier molecular flexibility index (Phi) is 14.9. The Morgan fingerprint density at radius 1 is 1.16 bits per heavy atom. The smallest absolute Gasteiger partial charge is 0.315 e. The lowest BCUT2D eigenvalue weighted by atomic mass is 9.98. The van der Waals surface area contributed by atoms with E-state index in [0.717, 1.165) is 5.92 Å². The minimum Gasteiger partial charge on any atom is -0.368 e. The summed E-state index contributed by atoms with van der Waals surface area (Å²) in [6.07, 6.45) is -1.68. The first-order chi connectivity index (χ1) is 17.2. The van der Waals surface area contributed by atoms with Gasteiger partial charge in [0.2, 0.25) is 24.1 Å². The lowest BCUT2D eigenvalue weighted by molar-refractivity contribution is -0.136. The Labute approximate surface area is 218 Å². The van der Waals surface area contributed by atoms with Gasteiger partial charge in [-0.15, -0.1) is 0 Å². The molecule has 0 aromatic heterocycles. The first kappa shape index (κ1) is 34.2. The first-order valence-electron chi connectivity index (χ1n) is 12.8. The molecule has 2 saturated heterocycles. The number of nitrogens with two attached hydrogens (primary N) is 1. The summed E-state index contributed by atoms with van der Waals surface area (Å²) in [7, 11) is 0. The van der Waals surface area contributed by atoms with E-state index >= 15 is 0 Å². The Morgan fingerprint density at radius 3 is 2.05 bits per heavy atom. The average molecular weight is 534 g/mol. The summed E-state index contributed by atoms with van der Waals surface area (Å²) < 4.78 is 23.8. The number of rotatable bonds is 8. The second-order valence-electron chi connectivity index (χ2n) is 10.3. The van der Waals surface area contributed by atoms with E-state index in [9.17, 15) is 32.8 Å². The van der Waals surface area contributed by atoms with Gasteiger partial charge in [-0.05, 0) is 36.0 Å². The zero-order chi connectivity index (χ0) is 28.9. The number of halogens is 2. The van der Waals surface area contributed by atoms with Crippen molar-refractivity contribution in [1.82, 2.24) is 20.9 Å². The van der Waals surface area contributed by atoms with Crippen LogP contribution in [0, 0.1) is 29.1 Å². The van der Waals surface area contributed by atoms with Gasteiger partial charge in [-0.1, -0.05) is 48.5 Å². The molecule has 0 spiro atoms. The molecule has 0 bridgehead atoms. The molecular formula is C25H45F2N5O5. The molecule has 214 valence electrons. The van der Waals surface area contributed by atoms with Gasteiger partial charge in [-0.25, -0.2) is 0 Å². The zero-order valence-electron chi connectivity index (χ0n) is 23.1. The lowest BCUT2D eigenvalue weighted by Gasteiger charge is -2.22. The molecule has 1 aliphatic carbocycles. The maximum Gasteiger partial charge on any atom is 0.315 e. The normalized spacial score (nSPS) is 23.1. The van der Waals surface area contributed by atoms with E-state index in [0.29, 0.717) is 49.7 Å². The fraction of sp³-hybridized carbons (Fsp3) is 0.800. The predicted molar refractivity (Wildman–Crippen MR) is 136 cm³/mol. The molecule has 5 N–H and O–H groups in total. The highest BCUT2D eigenvalue weighted by Gasteiger charge is 2.62. The van der Waals surface area contributed by atoms with E-state index in [2.05, 4.69) is 45.3 Å². The number of nitrogens with one attached hydrogen (secondary N) is 3. The summed E-state index contributed by atoms with van der Waals surface area (Å²) in [4.78, 5) is 56.0. The number of hydrogen-bond acceptors (Lipinski definition) is 5. The number of carbonyl (C=O) groups excluding carboxylic acids is 5. The van der Waals surface area contributed by atoms with E-state index in [1.54, 1.807) is 4.90 Å². The third-order valence-electron chi connectivity index (χ3n) is 6.38. The van der Waals surface area contributed by atoms with Crippen molar-refractivity contribution in [3.8, 4) is 0 Å². The lowest BCUT2D eigenvalue weighted by Crippen LogP contribution is -2.42. The monoisotopic (exact) mass is 533 g/mol. The maximum absolute atomic E-state index is 11.9. The van der Waals surface area contributed by atoms with Crippen molar-refractivity contribution in [2.24, 2.45) is 34.8 Å². The van der Waals surface area contributed by atoms with Crippen LogP contribution in [-0.4, -0.2) is 73.6 Å². The topological polar surface area (TPSA) is 151 Å². The third-order valence-corrected chi connectivity index (χ3v) is 6.38. The summed E-state index contributed by atoms with van der Waals surface area (Å²) in [5.74, 6) is -0.694. The van der Waals surface area contributed by atoms with E-state index < -0.39 is 24.3 Å². The number of carbonyl (C=O) groups is 5. The fourth-order valence-electron chi connectivity index (χ4n) is 4.19. The Hall–Kier alpha value is -2.79. The van der Waals surface area contributed by atoms with Gasteiger partial charge in [0.05, 0.1) is 6.54 Å². The quantitative estimate of drug-likeness (QED) is 0.347. The van der Waals surface area contributed by atoms with Crippen LogP contribution >= 0.6 is 0 Å². The third kappa shape index (κ3) is 11.4. The van der Waals surface area contributed by atoms with Gasteiger partial charge >= 0.3 is 6.43 Å². The SMILES string of the molecule is CC.CC(C)C.CC1(C)C2CN(C(=O)CNC(=O)C(F)F)CC21.NC(=O)C(CC1CCNC1=O)NC=O. The van der Waals surface area contributed by atoms with Gasteiger partial charge in [0.15, 0.2) is 0 Å². The van der Waals surface area contributed by atoms with Gasteiger partial charge in [-0.2, -0.15) is 8.78 Å². The minimum atomic E-state index is -3.06. The summed E-state index contributed by atoms with van der Waals surface area (Å²) in [5.41, 5.74) is 5.36. The van der Waals surface area contributed by atoms with Crippen LogP contribution in [0.2, 0.25) is 0 Å². The van der Waals surface area contributed by atoms with Gasteiger partial charge in [-0.3, -0.25) is 24.0 Å². The molecule has 0 radical (unpaired) electrons. The van der Waals surface area contributed by atoms with Crippen molar-refractivity contribution in [3.63, 3.8) is 0 Å². The second kappa shape index (κ2) is 16.1. The molecule has 3 rings (SSSR count). The molecule has 5 amide bonds. The predicted octanol–water partition coefficient (Wildman–Crippen LogP) is 1.28.